The Labute approximate surface area is 136 Å². The third-order valence-electron chi connectivity index (χ3n) is 3.75. The van der Waals surface area contributed by atoms with E-state index in [-0.39, 0.29) is 5.91 Å². The van der Waals surface area contributed by atoms with E-state index in [2.05, 4.69) is 5.32 Å². The molecule has 0 fully saturated rings. The summed E-state index contributed by atoms with van der Waals surface area (Å²) in [6.07, 6.45) is 0. The van der Waals surface area contributed by atoms with Crippen molar-refractivity contribution >= 4 is 17.5 Å². The Morgan fingerprint density at radius 1 is 1.23 bits per heavy atom. The summed E-state index contributed by atoms with van der Waals surface area (Å²) in [5.74, 6) is -0.117. The summed E-state index contributed by atoms with van der Waals surface area (Å²) in [5, 5.41) is 3.57. The van der Waals surface area contributed by atoms with E-state index in [1.807, 2.05) is 56.3 Å². The Bertz CT molecular complexity index is 672. The molecule has 2 aromatic carbocycles. The number of hydrogen-bond donors (Lipinski definition) is 1. The zero-order valence-corrected chi connectivity index (χ0v) is 13.8. The minimum absolute atomic E-state index is 0.117. The highest BCUT2D eigenvalue weighted by atomic mass is 35.5. The molecule has 2 rings (SSSR count). The number of ether oxygens (including phenoxy) is 1. The van der Waals surface area contributed by atoms with Crippen LogP contribution in [0.3, 0.4) is 0 Å². The Morgan fingerprint density at radius 3 is 2.59 bits per heavy atom. The standard InChI is InChI=1S/C18H20ClNO2/c1-13-6-4-7-14(10-13)17(21)20-12-18(2,22-3)15-8-5-9-16(19)11-15/h4-11H,12H2,1-3H3,(H,20,21). The number of rotatable bonds is 5. The van der Waals surface area contributed by atoms with Gasteiger partial charge >= 0.3 is 0 Å². The number of nitrogens with one attached hydrogen (secondary N) is 1. The quantitative estimate of drug-likeness (QED) is 0.907. The fraction of sp³-hybridized carbons (Fsp3) is 0.278. The van der Waals surface area contributed by atoms with Crippen molar-refractivity contribution in [2.24, 2.45) is 0 Å². The van der Waals surface area contributed by atoms with Gasteiger partial charge < -0.3 is 10.1 Å². The second-order valence-corrected chi connectivity index (χ2v) is 5.93. The van der Waals surface area contributed by atoms with Gasteiger partial charge in [-0.15, -0.1) is 0 Å². The monoisotopic (exact) mass is 317 g/mol. The highest BCUT2D eigenvalue weighted by Gasteiger charge is 2.27. The first kappa shape index (κ1) is 16.5. The molecule has 116 valence electrons. The maximum atomic E-state index is 12.3. The Kier molecular flexibility index (Phi) is 5.22. The van der Waals surface area contributed by atoms with Crippen LogP contribution in [0.25, 0.3) is 0 Å². The molecule has 0 aliphatic rings. The van der Waals surface area contributed by atoms with Crippen molar-refractivity contribution in [1.82, 2.24) is 5.32 Å². The van der Waals surface area contributed by atoms with Crippen molar-refractivity contribution in [3.63, 3.8) is 0 Å². The normalized spacial score (nSPS) is 13.5. The van der Waals surface area contributed by atoms with Crippen LogP contribution in [-0.4, -0.2) is 19.6 Å². The van der Waals surface area contributed by atoms with Gasteiger partial charge in [0.2, 0.25) is 0 Å². The van der Waals surface area contributed by atoms with Crippen molar-refractivity contribution < 1.29 is 9.53 Å². The number of carbonyl (C=O) groups excluding carboxylic acids is 1. The number of amides is 1. The largest absolute Gasteiger partial charge is 0.372 e. The lowest BCUT2D eigenvalue weighted by molar-refractivity contribution is 0.00315. The van der Waals surface area contributed by atoms with Crippen molar-refractivity contribution in [2.45, 2.75) is 19.4 Å². The second kappa shape index (κ2) is 6.95. The van der Waals surface area contributed by atoms with Gasteiger partial charge in [0.05, 0.1) is 6.54 Å². The lowest BCUT2D eigenvalue weighted by Gasteiger charge is -2.29. The molecule has 2 aromatic rings. The number of halogens is 1. The van der Waals surface area contributed by atoms with Crippen molar-refractivity contribution in [3.8, 4) is 0 Å². The highest BCUT2D eigenvalue weighted by molar-refractivity contribution is 6.30. The summed E-state index contributed by atoms with van der Waals surface area (Å²) in [6, 6.07) is 15.0. The number of methoxy groups -OCH3 is 1. The first-order chi connectivity index (χ1) is 10.4. The van der Waals surface area contributed by atoms with Crippen LogP contribution in [0.15, 0.2) is 48.5 Å². The summed E-state index contributed by atoms with van der Waals surface area (Å²) in [7, 11) is 1.62. The van der Waals surface area contributed by atoms with E-state index in [9.17, 15) is 4.79 Å². The maximum absolute atomic E-state index is 12.3. The van der Waals surface area contributed by atoms with Crippen LogP contribution in [0.1, 0.15) is 28.4 Å². The number of benzene rings is 2. The van der Waals surface area contributed by atoms with Crippen LogP contribution in [0.4, 0.5) is 0 Å². The topological polar surface area (TPSA) is 38.3 Å². The molecule has 0 radical (unpaired) electrons. The van der Waals surface area contributed by atoms with Crippen molar-refractivity contribution in [2.75, 3.05) is 13.7 Å². The van der Waals surface area contributed by atoms with E-state index < -0.39 is 5.60 Å². The van der Waals surface area contributed by atoms with E-state index in [0.717, 1.165) is 11.1 Å². The molecule has 1 atom stereocenters. The van der Waals surface area contributed by atoms with Gasteiger partial charge in [-0.05, 0) is 43.7 Å². The molecule has 4 heteroatoms. The molecular weight excluding hydrogens is 298 g/mol. The lowest BCUT2D eigenvalue weighted by Crippen LogP contribution is -2.40. The van der Waals surface area contributed by atoms with Gasteiger partial charge in [0.15, 0.2) is 0 Å². The van der Waals surface area contributed by atoms with Crippen LogP contribution >= 0.6 is 11.6 Å². The average molecular weight is 318 g/mol. The number of aryl methyl sites for hydroxylation is 1. The van der Waals surface area contributed by atoms with Crippen LogP contribution in [0.5, 0.6) is 0 Å². The SMILES string of the molecule is COC(C)(CNC(=O)c1cccc(C)c1)c1cccc(Cl)c1. The van der Waals surface area contributed by atoms with E-state index in [1.54, 1.807) is 13.2 Å². The molecule has 1 unspecified atom stereocenters. The van der Waals surface area contributed by atoms with E-state index in [4.69, 9.17) is 16.3 Å². The van der Waals surface area contributed by atoms with Crippen molar-refractivity contribution in [1.29, 1.82) is 0 Å². The van der Waals surface area contributed by atoms with E-state index in [1.165, 1.54) is 0 Å². The Hall–Kier alpha value is -1.84. The molecule has 1 N–H and O–H groups in total. The molecule has 0 spiro atoms. The summed E-state index contributed by atoms with van der Waals surface area (Å²) >= 11 is 6.04. The molecule has 0 saturated heterocycles. The van der Waals surface area contributed by atoms with E-state index >= 15 is 0 Å². The molecule has 0 aliphatic heterocycles. The highest BCUT2D eigenvalue weighted by Crippen LogP contribution is 2.26. The summed E-state index contributed by atoms with van der Waals surface area (Å²) in [6.45, 7) is 4.24. The summed E-state index contributed by atoms with van der Waals surface area (Å²) in [5.41, 5.74) is 1.98. The van der Waals surface area contributed by atoms with Gasteiger partial charge in [0.25, 0.3) is 5.91 Å². The molecule has 0 bridgehead atoms. The van der Waals surface area contributed by atoms with Crippen LogP contribution in [-0.2, 0) is 10.3 Å². The molecule has 1 amide bonds. The molecule has 0 heterocycles. The minimum atomic E-state index is -0.635. The first-order valence-electron chi connectivity index (χ1n) is 7.11. The van der Waals surface area contributed by atoms with Gasteiger partial charge in [-0.1, -0.05) is 41.4 Å². The fourth-order valence-corrected chi connectivity index (χ4v) is 2.44. The van der Waals surface area contributed by atoms with Crippen LogP contribution < -0.4 is 5.32 Å². The zero-order valence-electron chi connectivity index (χ0n) is 13.0. The third kappa shape index (κ3) is 3.87. The molecule has 0 aromatic heterocycles. The number of hydrogen-bond acceptors (Lipinski definition) is 2. The minimum Gasteiger partial charge on any atom is -0.372 e. The van der Waals surface area contributed by atoms with Crippen LogP contribution in [0, 0.1) is 6.92 Å². The van der Waals surface area contributed by atoms with Crippen molar-refractivity contribution in [3.05, 3.63) is 70.2 Å². The Balaban J connectivity index is 2.12. The van der Waals surface area contributed by atoms with Gasteiger partial charge in [0.1, 0.15) is 5.60 Å². The predicted octanol–water partition coefficient (Wildman–Crippen LogP) is 3.94. The average Bonchev–Trinajstić information content (AvgIpc) is 2.52. The molecule has 0 aliphatic carbocycles. The van der Waals surface area contributed by atoms with Gasteiger partial charge in [-0.2, -0.15) is 0 Å². The van der Waals surface area contributed by atoms with Crippen LogP contribution in [0.2, 0.25) is 5.02 Å². The van der Waals surface area contributed by atoms with Gasteiger partial charge in [0, 0.05) is 17.7 Å². The Morgan fingerprint density at radius 2 is 1.95 bits per heavy atom. The molecule has 3 nitrogen and oxygen atoms in total. The predicted molar refractivity (Wildman–Crippen MR) is 89.3 cm³/mol. The maximum Gasteiger partial charge on any atom is 0.251 e. The molecular formula is C18H20ClNO2. The van der Waals surface area contributed by atoms with E-state index in [0.29, 0.717) is 17.1 Å². The smallest absolute Gasteiger partial charge is 0.251 e. The third-order valence-corrected chi connectivity index (χ3v) is 3.99. The lowest BCUT2D eigenvalue weighted by atomic mass is 9.95. The number of carbonyl (C=O) groups is 1. The summed E-state index contributed by atoms with van der Waals surface area (Å²) < 4.78 is 5.62. The molecule has 22 heavy (non-hydrogen) atoms. The van der Waals surface area contributed by atoms with Gasteiger partial charge in [-0.3, -0.25) is 4.79 Å². The fourth-order valence-electron chi connectivity index (χ4n) is 2.25. The summed E-state index contributed by atoms with van der Waals surface area (Å²) in [4.78, 5) is 12.3. The molecule has 0 saturated carbocycles. The van der Waals surface area contributed by atoms with Gasteiger partial charge in [-0.25, -0.2) is 0 Å². The first-order valence-corrected chi connectivity index (χ1v) is 7.48. The second-order valence-electron chi connectivity index (χ2n) is 5.50. The zero-order chi connectivity index (χ0) is 16.2.